The van der Waals surface area contributed by atoms with E-state index < -0.39 is 0 Å². The van der Waals surface area contributed by atoms with Crippen molar-refractivity contribution in [2.24, 2.45) is 5.92 Å². The van der Waals surface area contributed by atoms with Crippen molar-refractivity contribution in [3.8, 4) is 0 Å². The van der Waals surface area contributed by atoms with Crippen molar-refractivity contribution in [2.75, 3.05) is 13.1 Å². The maximum atomic E-state index is 12.3. The molecule has 1 aliphatic heterocycles. The number of nitrogens with zero attached hydrogens (tertiary/aromatic N) is 5. The van der Waals surface area contributed by atoms with E-state index >= 15 is 0 Å². The first-order chi connectivity index (χ1) is 12.2. The largest absolute Gasteiger partial charge is 0.340 e. The highest BCUT2D eigenvalue weighted by Gasteiger charge is 2.22. The van der Waals surface area contributed by atoms with Gasteiger partial charge in [0.25, 0.3) is 5.56 Å². The van der Waals surface area contributed by atoms with Gasteiger partial charge in [-0.3, -0.25) is 9.69 Å². The highest BCUT2D eigenvalue weighted by molar-refractivity contribution is 5.20. The van der Waals surface area contributed by atoms with Gasteiger partial charge in [0.1, 0.15) is 0 Å². The third kappa shape index (κ3) is 3.81. The molecule has 2 aromatic heterocycles. The van der Waals surface area contributed by atoms with Crippen molar-refractivity contribution >= 4 is 0 Å². The lowest BCUT2D eigenvalue weighted by molar-refractivity contribution is 0.159. The Morgan fingerprint density at radius 1 is 1.24 bits per heavy atom. The van der Waals surface area contributed by atoms with E-state index in [2.05, 4.69) is 20.1 Å². The summed E-state index contributed by atoms with van der Waals surface area (Å²) < 4.78 is 6.73. The van der Waals surface area contributed by atoms with Crippen LogP contribution in [-0.2, 0) is 25.9 Å². The molecule has 7 heteroatoms. The molecule has 0 bridgehead atoms. The lowest BCUT2D eigenvalue weighted by Gasteiger charge is -2.31. The molecule has 0 atom stereocenters. The molecule has 1 aliphatic carbocycles. The molecule has 3 heterocycles. The number of rotatable bonds is 4. The van der Waals surface area contributed by atoms with Gasteiger partial charge in [-0.25, -0.2) is 4.68 Å². The number of hydrogen-bond donors (Lipinski definition) is 0. The number of piperidine rings is 1. The van der Waals surface area contributed by atoms with Gasteiger partial charge in [-0.2, -0.15) is 10.1 Å². The molecule has 0 N–H and O–H groups in total. The van der Waals surface area contributed by atoms with Crippen LogP contribution in [-0.4, -0.2) is 37.9 Å². The monoisotopic (exact) mass is 343 g/mol. The first kappa shape index (κ1) is 16.4. The number of aromatic nitrogens is 4. The summed E-state index contributed by atoms with van der Waals surface area (Å²) in [6.45, 7) is 5.28. The van der Waals surface area contributed by atoms with Crippen LogP contribution in [0.5, 0.6) is 0 Å². The second-order valence-electron chi connectivity index (χ2n) is 7.29. The average Bonchev–Trinajstić information content (AvgIpc) is 3.02. The Bertz CT molecular complexity index is 789. The second-order valence-corrected chi connectivity index (χ2v) is 7.29. The topological polar surface area (TPSA) is 77.1 Å². The Morgan fingerprint density at radius 2 is 2.04 bits per heavy atom. The number of fused-ring (bicyclic) bond motifs is 1. The standard InChI is InChI=1S/C18H25N5O2/c1-13-19-17(21-25-13)12-22-8-6-14(7-9-22)11-23-18(24)10-15-4-2-3-5-16(15)20-23/h10,14H,2-9,11-12H2,1H3. The van der Waals surface area contributed by atoms with Crippen molar-refractivity contribution in [1.82, 2.24) is 24.8 Å². The van der Waals surface area contributed by atoms with Crippen LogP contribution < -0.4 is 5.56 Å². The molecule has 7 nitrogen and oxygen atoms in total. The smallest absolute Gasteiger partial charge is 0.267 e. The van der Waals surface area contributed by atoms with Crippen molar-refractivity contribution in [1.29, 1.82) is 0 Å². The van der Waals surface area contributed by atoms with Crippen molar-refractivity contribution in [3.05, 3.63) is 39.4 Å². The van der Waals surface area contributed by atoms with Crippen molar-refractivity contribution < 1.29 is 4.52 Å². The van der Waals surface area contributed by atoms with Crippen molar-refractivity contribution in [3.63, 3.8) is 0 Å². The highest BCUT2D eigenvalue weighted by atomic mass is 16.5. The Morgan fingerprint density at radius 3 is 2.80 bits per heavy atom. The van der Waals surface area contributed by atoms with Gasteiger partial charge in [0, 0.05) is 19.5 Å². The van der Waals surface area contributed by atoms with Gasteiger partial charge in [-0.15, -0.1) is 0 Å². The zero-order valence-corrected chi connectivity index (χ0v) is 14.8. The summed E-state index contributed by atoms with van der Waals surface area (Å²) in [5, 5.41) is 8.62. The van der Waals surface area contributed by atoms with E-state index in [1.165, 1.54) is 12.8 Å². The van der Waals surface area contributed by atoms with Gasteiger partial charge < -0.3 is 4.52 Å². The summed E-state index contributed by atoms with van der Waals surface area (Å²) in [4.78, 5) is 19.0. The molecule has 1 saturated heterocycles. The molecule has 0 spiro atoms. The first-order valence-electron chi connectivity index (χ1n) is 9.29. The molecular weight excluding hydrogens is 318 g/mol. The predicted octanol–water partition coefficient (Wildman–Crippen LogP) is 1.73. The third-order valence-electron chi connectivity index (χ3n) is 5.35. The summed E-state index contributed by atoms with van der Waals surface area (Å²) in [6, 6.07) is 1.81. The van der Waals surface area contributed by atoms with Gasteiger partial charge in [0.15, 0.2) is 5.82 Å². The summed E-state index contributed by atoms with van der Waals surface area (Å²) >= 11 is 0. The van der Waals surface area contributed by atoms with Gasteiger partial charge in [0.05, 0.1) is 12.2 Å². The minimum Gasteiger partial charge on any atom is -0.340 e. The van der Waals surface area contributed by atoms with Gasteiger partial charge in [-0.05, 0) is 63.1 Å². The fourth-order valence-electron chi connectivity index (χ4n) is 3.91. The number of aryl methyl sites for hydroxylation is 3. The van der Waals surface area contributed by atoms with Crippen LogP contribution in [0.1, 0.15) is 48.7 Å². The van der Waals surface area contributed by atoms with E-state index in [9.17, 15) is 4.79 Å². The molecule has 25 heavy (non-hydrogen) atoms. The second kappa shape index (κ2) is 7.07. The Kier molecular flexibility index (Phi) is 4.65. The summed E-state index contributed by atoms with van der Waals surface area (Å²) in [5.41, 5.74) is 2.36. The molecule has 0 radical (unpaired) electrons. The number of hydrogen-bond acceptors (Lipinski definition) is 6. The molecule has 2 aromatic rings. The maximum absolute atomic E-state index is 12.3. The molecule has 4 rings (SSSR count). The molecule has 0 unspecified atom stereocenters. The fraction of sp³-hybridized carbons (Fsp3) is 0.667. The van der Waals surface area contributed by atoms with E-state index in [0.717, 1.165) is 68.9 Å². The molecule has 1 fully saturated rings. The van der Waals surface area contributed by atoms with Gasteiger partial charge in [0.2, 0.25) is 5.89 Å². The molecular formula is C18H25N5O2. The van der Waals surface area contributed by atoms with Crippen LogP contribution >= 0.6 is 0 Å². The van der Waals surface area contributed by atoms with Crippen LogP contribution in [0.15, 0.2) is 15.4 Å². The quantitative estimate of drug-likeness (QED) is 0.841. The molecule has 0 amide bonds. The van der Waals surface area contributed by atoms with Crippen LogP contribution in [0.2, 0.25) is 0 Å². The van der Waals surface area contributed by atoms with Gasteiger partial charge in [-0.1, -0.05) is 5.16 Å². The minimum atomic E-state index is 0.0605. The third-order valence-corrected chi connectivity index (χ3v) is 5.35. The fourth-order valence-corrected chi connectivity index (χ4v) is 3.91. The molecule has 0 aromatic carbocycles. The van der Waals surface area contributed by atoms with E-state index in [1.807, 2.05) is 13.0 Å². The summed E-state index contributed by atoms with van der Waals surface area (Å²) in [5.74, 6) is 1.88. The molecule has 0 saturated carbocycles. The average molecular weight is 343 g/mol. The SMILES string of the molecule is Cc1nc(CN2CCC(Cn3nc4c(cc3=O)CCCC4)CC2)no1. The first-order valence-corrected chi connectivity index (χ1v) is 9.29. The summed E-state index contributed by atoms with van der Waals surface area (Å²) in [6.07, 6.45) is 6.53. The Labute approximate surface area is 147 Å². The lowest BCUT2D eigenvalue weighted by Crippen LogP contribution is -2.37. The van der Waals surface area contributed by atoms with Crippen LogP contribution in [0.25, 0.3) is 0 Å². The number of likely N-dealkylation sites (tertiary alicyclic amines) is 1. The molecule has 2 aliphatic rings. The maximum Gasteiger partial charge on any atom is 0.267 e. The van der Waals surface area contributed by atoms with Crippen LogP contribution in [0, 0.1) is 12.8 Å². The van der Waals surface area contributed by atoms with E-state index in [4.69, 9.17) is 4.52 Å². The zero-order chi connectivity index (χ0) is 17.2. The van der Waals surface area contributed by atoms with E-state index in [0.29, 0.717) is 11.8 Å². The van der Waals surface area contributed by atoms with E-state index in [1.54, 1.807) is 4.68 Å². The van der Waals surface area contributed by atoms with Crippen molar-refractivity contribution in [2.45, 2.75) is 58.5 Å². The normalized spacial score (nSPS) is 19.1. The Balaban J connectivity index is 1.35. The molecule has 134 valence electrons. The highest BCUT2D eigenvalue weighted by Crippen LogP contribution is 2.21. The minimum absolute atomic E-state index is 0.0605. The Hall–Kier alpha value is -2.02. The van der Waals surface area contributed by atoms with E-state index in [-0.39, 0.29) is 5.56 Å². The van der Waals surface area contributed by atoms with Gasteiger partial charge >= 0.3 is 0 Å². The predicted molar refractivity (Wildman–Crippen MR) is 92.2 cm³/mol. The van der Waals surface area contributed by atoms with Crippen LogP contribution in [0.4, 0.5) is 0 Å². The zero-order valence-electron chi connectivity index (χ0n) is 14.8. The lowest BCUT2D eigenvalue weighted by atomic mass is 9.96. The summed E-state index contributed by atoms with van der Waals surface area (Å²) in [7, 11) is 0. The van der Waals surface area contributed by atoms with Crippen LogP contribution in [0.3, 0.4) is 0 Å².